The molecule has 11 heteroatoms. The van der Waals surface area contributed by atoms with Crippen LogP contribution in [0.3, 0.4) is 0 Å². The first-order chi connectivity index (χ1) is 15.2. The topological polar surface area (TPSA) is 141 Å². The van der Waals surface area contributed by atoms with Crippen LogP contribution in [-0.2, 0) is 46.3 Å². The smallest absolute Gasteiger partial charge is 0.253 e. The fraction of sp³-hybridized carbons (Fsp3) is 0.429. The first-order valence-corrected chi connectivity index (χ1v) is 12.0. The third kappa shape index (κ3) is 7.28. The number of carbonyl (C=O) groups excluding carboxylic acids is 6. The van der Waals surface area contributed by atoms with E-state index >= 15 is 0 Å². The number of aldehydes is 1. The van der Waals surface area contributed by atoms with E-state index < -0.39 is 9.99 Å². The Bertz CT molecular complexity index is 882. The molecule has 0 saturated carbocycles. The fourth-order valence-electron chi connectivity index (χ4n) is 2.70. The van der Waals surface area contributed by atoms with E-state index in [1.165, 1.54) is 33.4 Å². The molecule has 0 spiro atoms. The molecule has 0 atom stereocenters. The van der Waals surface area contributed by atoms with Crippen molar-refractivity contribution in [3.63, 3.8) is 0 Å². The molecule has 1 aromatic carbocycles. The van der Waals surface area contributed by atoms with Gasteiger partial charge in [-0.15, -0.1) is 0 Å². The molecule has 32 heavy (non-hydrogen) atoms. The largest absolute Gasteiger partial charge is 0.367 e. The number of hydrogen-bond acceptors (Lipinski definition) is 9. The summed E-state index contributed by atoms with van der Waals surface area (Å²) >= 11 is 0. The average Bonchev–Trinajstić information content (AvgIpc) is 3.55. The van der Waals surface area contributed by atoms with E-state index in [0.717, 1.165) is 11.1 Å². The quantitative estimate of drug-likeness (QED) is 0.122. The van der Waals surface area contributed by atoms with Crippen molar-refractivity contribution in [1.82, 2.24) is 4.90 Å². The van der Waals surface area contributed by atoms with Gasteiger partial charge in [0.2, 0.25) is 15.9 Å². The number of nitrogens with two attached hydrogens (primary N) is 1. The Kier molecular flexibility index (Phi) is 9.60. The summed E-state index contributed by atoms with van der Waals surface area (Å²) in [6.07, 6.45) is 2.20. The Hall–Kier alpha value is -2.50. The number of β-lactam (4-membered cyclic amide) rings is 1. The highest BCUT2D eigenvalue weighted by molar-refractivity contribution is 8.94. The van der Waals surface area contributed by atoms with Crippen molar-refractivity contribution in [2.75, 3.05) is 19.8 Å². The molecule has 2 N–H and O–H groups in total. The minimum Gasteiger partial charge on any atom is -0.367 e. The van der Waals surface area contributed by atoms with Crippen LogP contribution in [0.1, 0.15) is 30.9 Å². The molecule has 0 bridgehead atoms. The van der Waals surface area contributed by atoms with E-state index in [1.807, 2.05) is 24.3 Å². The Morgan fingerprint density at radius 3 is 2.19 bits per heavy atom. The summed E-state index contributed by atoms with van der Waals surface area (Å²) in [6.45, 7) is 1.76. The monoisotopic (exact) mass is 480 g/mol. The molecule has 2 fully saturated rings. The number of ketones is 2. The zero-order valence-electron chi connectivity index (χ0n) is 17.5. The van der Waals surface area contributed by atoms with Crippen LogP contribution in [0, 0.1) is 0 Å². The number of amides is 3. The molecule has 9 nitrogen and oxygen atoms in total. The summed E-state index contributed by atoms with van der Waals surface area (Å²) in [5, 5.41) is 0. The Morgan fingerprint density at radius 2 is 1.78 bits per heavy atom. The van der Waals surface area contributed by atoms with Gasteiger partial charge < -0.3 is 15.3 Å². The highest BCUT2D eigenvalue weighted by Gasteiger charge is 2.56. The normalized spacial score (nSPS) is 15.7. The van der Waals surface area contributed by atoms with E-state index in [-0.39, 0.29) is 43.0 Å². The maximum absolute atomic E-state index is 11.8. The fourth-order valence-corrected chi connectivity index (χ4v) is 4.63. The number of primary amides is 1. The standard InChI is InChI=1S/C17H19NO5.C4H5NO2S2/c19-9-10-23-12-15(20)11-14-3-1-13(2-4-14)5-6-16(21)18-8-7-17(18)22;1-2(6)4(3(5)7)8-9-4/h1-4,9H,5-8,10-12H2;1H3,(H2,5,7). The molecule has 2 heterocycles. The number of ether oxygens (including phenoxy) is 1. The first kappa shape index (κ1) is 25.8. The van der Waals surface area contributed by atoms with Crippen molar-refractivity contribution < 1.29 is 33.5 Å². The van der Waals surface area contributed by atoms with Crippen LogP contribution in [0.5, 0.6) is 0 Å². The first-order valence-electron chi connectivity index (χ1n) is 9.81. The van der Waals surface area contributed by atoms with Crippen molar-refractivity contribution in [2.45, 2.75) is 36.7 Å². The van der Waals surface area contributed by atoms with Crippen LogP contribution < -0.4 is 5.73 Å². The van der Waals surface area contributed by atoms with Crippen molar-refractivity contribution in [3.05, 3.63) is 35.4 Å². The maximum atomic E-state index is 11.8. The lowest BCUT2D eigenvalue weighted by atomic mass is 10.0. The minimum absolute atomic E-state index is 0.0706. The number of rotatable bonds is 11. The van der Waals surface area contributed by atoms with Gasteiger partial charge in [-0.3, -0.25) is 28.9 Å². The molecule has 0 radical (unpaired) electrons. The second kappa shape index (κ2) is 11.9. The molecular weight excluding hydrogens is 456 g/mol. The van der Waals surface area contributed by atoms with E-state index in [4.69, 9.17) is 10.5 Å². The van der Waals surface area contributed by atoms with Crippen LogP contribution in [-0.4, -0.2) is 64.3 Å². The van der Waals surface area contributed by atoms with Gasteiger partial charge in [0.05, 0.1) is 0 Å². The molecule has 1 aromatic rings. The SMILES string of the molecule is CC(=O)C1(C(N)=O)SS1.O=CCOCC(=O)Cc1ccc(CCC(=O)N2CCC2=O)cc1. The minimum atomic E-state index is -0.917. The van der Waals surface area contributed by atoms with Crippen molar-refractivity contribution in [2.24, 2.45) is 5.73 Å². The van der Waals surface area contributed by atoms with Crippen molar-refractivity contribution >= 4 is 57.2 Å². The Labute approximate surface area is 193 Å². The summed E-state index contributed by atoms with van der Waals surface area (Å²) in [5.41, 5.74) is 6.78. The molecule has 0 aromatic heterocycles. The Balaban J connectivity index is 0.000000336. The highest BCUT2D eigenvalue weighted by atomic mass is 33.2. The van der Waals surface area contributed by atoms with Gasteiger partial charge in [0.25, 0.3) is 5.91 Å². The number of Topliss-reactive ketones (excluding diaryl/α,β-unsaturated/α-hetero) is 2. The van der Waals surface area contributed by atoms with Crippen molar-refractivity contribution in [3.8, 4) is 0 Å². The van der Waals surface area contributed by atoms with Gasteiger partial charge in [-0.1, -0.05) is 45.9 Å². The van der Waals surface area contributed by atoms with Gasteiger partial charge in [-0.25, -0.2) is 0 Å². The lowest BCUT2D eigenvalue weighted by Crippen LogP contribution is -2.47. The number of aryl methyl sites for hydroxylation is 1. The summed E-state index contributed by atoms with van der Waals surface area (Å²) in [7, 11) is 2.45. The van der Waals surface area contributed by atoms with Gasteiger partial charge >= 0.3 is 0 Å². The van der Waals surface area contributed by atoms with Crippen LogP contribution in [0.2, 0.25) is 0 Å². The molecule has 0 aliphatic carbocycles. The van der Waals surface area contributed by atoms with E-state index in [1.54, 1.807) is 0 Å². The molecular formula is C21H24N2O7S2. The van der Waals surface area contributed by atoms with Gasteiger partial charge in [-0.2, -0.15) is 0 Å². The highest BCUT2D eigenvalue weighted by Crippen LogP contribution is 2.64. The number of imide groups is 1. The van der Waals surface area contributed by atoms with Crippen LogP contribution in [0.4, 0.5) is 0 Å². The lowest BCUT2D eigenvalue weighted by Gasteiger charge is -2.28. The van der Waals surface area contributed by atoms with Gasteiger partial charge in [0.15, 0.2) is 11.6 Å². The van der Waals surface area contributed by atoms with Crippen LogP contribution in [0.15, 0.2) is 24.3 Å². The number of likely N-dealkylation sites (tertiary alicyclic amines) is 1. The summed E-state index contributed by atoms with van der Waals surface area (Å²) < 4.78 is 3.95. The maximum Gasteiger partial charge on any atom is 0.253 e. The molecule has 2 aliphatic rings. The summed E-state index contributed by atoms with van der Waals surface area (Å²) in [5.74, 6) is -1.02. The third-order valence-corrected chi connectivity index (χ3v) is 7.67. The van der Waals surface area contributed by atoms with Gasteiger partial charge in [-0.05, 0) is 24.5 Å². The number of benzene rings is 1. The predicted octanol–water partition coefficient (Wildman–Crippen LogP) is 0.857. The second-order valence-electron chi connectivity index (χ2n) is 7.11. The average molecular weight is 481 g/mol. The molecule has 172 valence electrons. The summed E-state index contributed by atoms with van der Waals surface area (Å²) in [4.78, 5) is 67.0. The van der Waals surface area contributed by atoms with E-state index in [2.05, 4.69) is 0 Å². The molecule has 2 aliphatic heterocycles. The van der Waals surface area contributed by atoms with Gasteiger partial charge in [0, 0.05) is 25.8 Å². The zero-order chi connectivity index (χ0) is 23.7. The third-order valence-electron chi connectivity index (χ3n) is 4.69. The molecule has 0 unspecified atom stereocenters. The predicted molar refractivity (Wildman–Crippen MR) is 119 cm³/mol. The second-order valence-corrected chi connectivity index (χ2v) is 9.92. The molecule has 2 saturated heterocycles. The van der Waals surface area contributed by atoms with Crippen molar-refractivity contribution in [1.29, 1.82) is 0 Å². The molecule has 3 amide bonds. The lowest BCUT2D eigenvalue weighted by molar-refractivity contribution is -0.152. The van der Waals surface area contributed by atoms with Crippen LogP contribution in [0.25, 0.3) is 0 Å². The number of hydrogen-bond donors (Lipinski definition) is 1. The zero-order valence-corrected chi connectivity index (χ0v) is 19.2. The number of nitrogens with zero attached hydrogens (tertiary/aromatic N) is 1. The Morgan fingerprint density at radius 1 is 1.16 bits per heavy atom. The van der Waals surface area contributed by atoms with Crippen LogP contribution >= 0.6 is 21.6 Å². The van der Waals surface area contributed by atoms with E-state index in [9.17, 15) is 28.8 Å². The number of carbonyl (C=O) groups is 6. The van der Waals surface area contributed by atoms with E-state index in [0.29, 0.717) is 32.1 Å². The molecule has 3 rings (SSSR count). The van der Waals surface area contributed by atoms with Gasteiger partial charge in [0.1, 0.15) is 19.5 Å². The summed E-state index contributed by atoms with van der Waals surface area (Å²) in [6, 6.07) is 7.43.